The molecule has 0 radical (unpaired) electrons. The Morgan fingerprint density at radius 1 is 0.846 bits per heavy atom. The second kappa shape index (κ2) is 7.87. The van der Waals surface area contributed by atoms with Crippen molar-refractivity contribution < 1.29 is 9.59 Å². The lowest BCUT2D eigenvalue weighted by Crippen LogP contribution is -2.07. The highest BCUT2D eigenvalue weighted by molar-refractivity contribution is 5.94. The van der Waals surface area contributed by atoms with E-state index in [1.54, 1.807) is 18.3 Å². The molecule has 26 heavy (non-hydrogen) atoms. The minimum atomic E-state index is 0.0150. The Morgan fingerprint density at radius 2 is 1.58 bits per heavy atom. The first-order valence-electron chi connectivity index (χ1n) is 8.65. The number of aromatic nitrogens is 1. The lowest BCUT2D eigenvalue weighted by molar-refractivity contribution is -0.117. The number of hydrogen-bond acceptors (Lipinski definition) is 3. The van der Waals surface area contributed by atoms with E-state index in [4.69, 9.17) is 0 Å². The van der Waals surface area contributed by atoms with Gasteiger partial charge in [0.15, 0.2) is 5.78 Å². The molecule has 3 heteroatoms. The van der Waals surface area contributed by atoms with Gasteiger partial charge in [0.1, 0.15) is 5.78 Å². The van der Waals surface area contributed by atoms with Crippen LogP contribution in [0.5, 0.6) is 0 Å². The van der Waals surface area contributed by atoms with Crippen LogP contribution in [0, 0.1) is 6.92 Å². The number of Topliss-reactive ketones (excluding diaryl/α,β-unsaturated/α-hetero) is 2. The zero-order valence-electron chi connectivity index (χ0n) is 15.0. The molecule has 3 rings (SSSR count). The molecule has 0 aliphatic heterocycles. The summed E-state index contributed by atoms with van der Waals surface area (Å²) in [5, 5.41) is 0. The number of carbonyl (C=O) groups excluding carboxylic acids is 2. The maximum Gasteiger partial charge on any atom is 0.159 e. The van der Waals surface area contributed by atoms with E-state index in [-0.39, 0.29) is 11.6 Å². The van der Waals surface area contributed by atoms with Gasteiger partial charge in [0.25, 0.3) is 0 Å². The zero-order chi connectivity index (χ0) is 18.5. The molecule has 2 aromatic carbocycles. The number of ketones is 2. The molecule has 3 aromatic rings. The number of benzene rings is 2. The van der Waals surface area contributed by atoms with Crippen LogP contribution in [-0.2, 0) is 17.6 Å². The average molecular weight is 343 g/mol. The monoisotopic (exact) mass is 343 g/mol. The SMILES string of the molecule is CC(=O)c1cccc(CC(=O)Cc2ccc(-c3ccnc(C)c3)cc2)c1. The molecule has 0 spiro atoms. The van der Waals surface area contributed by atoms with Gasteiger partial charge in [-0.1, -0.05) is 42.5 Å². The Bertz CT molecular complexity index is 942. The van der Waals surface area contributed by atoms with Crippen LogP contribution >= 0.6 is 0 Å². The molecule has 0 unspecified atom stereocenters. The van der Waals surface area contributed by atoms with Crippen molar-refractivity contribution in [2.75, 3.05) is 0 Å². The molecule has 0 fully saturated rings. The molecule has 0 aliphatic rings. The molecule has 1 aromatic heterocycles. The van der Waals surface area contributed by atoms with Crippen LogP contribution in [0.3, 0.4) is 0 Å². The minimum absolute atomic E-state index is 0.0150. The van der Waals surface area contributed by atoms with Crippen LogP contribution in [0.1, 0.15) is 34.1 Å². The first-order valence-corrected chi connectivity index (χ1v) is 8.65. The fourth-order valence-corrected chi connectivity index (χ4v) is 2.96. The lowest BCUT2D eigenvalue weighted by atomic mass is 9.98. The highest BCUT2D eigenvalue weighted by Crippen LogP contribution is 2.20. The molecule has 0 atom stereocenters. The lowest BCUT2D eigenvalue weighted by Gasteiger charge is -2.06. The molecule has 0 bridgehead atoms. The third-order valence-corrected chi connectivity index (χ3v) is 4.32. The van der Waals surface area contributed by atoms with E-state index in [1.165, 1.54) is 6.92 Å². The first kappa shape index (κ1) is 17.7. The summed E-state index contributed by atoms with van der Waals surface area (Å²) >= 11 is 0. The fraction of sp³-hybridized carbons (Fsp3) is 0.174. The Labute approximate surface area is 153 Å². The van der Waals surface area contributed by atoms with Crippen LogP contribution in [0.15, 0.2) is 66.9 Å². The minimum Gasteiger partial charge on any atom is -0.299 e. The van der Waals surface area contributed by atoms with E-state index in [0.29, 0.717) is 18.4 Å². The second-order valence-corrected chi connectivity index (χ2v) is 6.53. The van der Waals surface area contributed by atoms with Gasteiger partial charge in [0.2, 0.25) is 0 Å². The van der Waals surface area contributed by atoms with Crippen molar-refractivity contribution in [1.29, 1.82) is 0 Å². The summed E-state index contributed by atoms with van der Waals surface area (Å²) in [5.41, 5.74) is 5.73. The molecule has 0 saturated heterocycles. The molecule has 3 nitrogen and oxygen atoms in total. The second-order valence-electron chi connectivity index (χ2n) is 6.53. The molecule has 0 amide bonds. The third-order valence-electron chi connectivity index (χ3n) is 4.32. The van der Waals surface area contributed by atoms with Gasteiger partial charge in [-0.15, -0.1) is 0 Å². The summed E-state index contributed by atoms with van der Waals surface area (Å²) in [4.78, 5) is 28.0. The predicted molar refractivity (Wildman–Crippen MR) is 103 cm³/mol. The number of pyridine rings is 1. The van der Waals surface area contributed by atoms with E-state index >= 15 is 0 Å². The van der Waals surface area contributed by atoms with Crippen LogP contribution in [0.4, 0.5) is 0 Å². The summed E-state index contributed by atoms with van der Waals surface area (Å²) in [6, 6.07) is 19.4. The number of hydrogen-bond donors (Lipinski definition) is 0. The largest absolute Gasteiger partial charge is 0.299 e. The van der Waals surface area contributed by atoms with E-state index in [9.17, 15) is 9.59 Å². The summed E-state index contributed by atoms with van der Waals surface area (Å²) in [7, 11) is 0. The van der Waals surface area contributed by atoms with Gasteiger partial charge in [-0.05, 0) is 54.3 Å². The number of nitrogens with zero attached hydrogens (tertiary/aromatic N) is 1. The third kappa shape index (κ3) is 4.51. The van der Waals surface area contributed by atoms with E-state index in [2.05, 4.69) is 4.98 Å². The van der Waals surface area contributed by atoms with Crippen molar-refractivity contribution in [2.45, 2.75) is 26.7 Å². The summed E-state index contributed by atoms with van der Waals surface area (Å²) in [5.74, 6) is 0.152. The van der Waals surface area contributed by atoms with Gasteiger partial charge in [0, 0.05) is 30.3 Å². The highest BCUT2D eigenvalue weighted by atomic mass is 16.1. The number of carbonyl (C=O) groups is 2. The number of aryl methyl sites for hydroxylation is 1. The van der Waals surface area contributed by atoms with Crippen LogP contribution in [0.25, 0.3) is 11.1 Å². The molecular weight excluding hydrogens is 322 g/mol. The van der Waals surface area contributed by atoms with E-state index < -0.39 is 0 Å². The standard InChI is InChI=1S/C23H21NO2/c1-16-12-22(10-11-24-16)20-8-6-18(7-9-20)14-23(26)15-19-4-3-5-21(13-19)17(2)25/h3-13H,14-15H2,1-2H3. The van der Waals surface area contributed by atoms with E-state index in [0.717, 1.165) is 27.9 Å². The van der Waals surface area contributed by atoms with Gasteiger partial charge < -0.3 is 0 Å². The Balaban J connectivity index is 1.66. The van der Waals surface area contributed by atoms with Crippen molar-refractivity contribution >= 4 is 11.6 Å². The Morgan fingerprint density at radius 3 is 2.27 bits per heavy atom. The fourth-order valence-electron chi connectivity index (χ4n) is 2.96. The molecular formula is C23H21NO2. The summed E-state index contributed by atoms with van der Waals surface area (Å²) in [6.07, 6.45) is 2.53. The molecule has 0 saturated carbocycles. The van der Waals surface area contributed by atoms with Gasteiger partial charge in [-0.2, -0.15) is 0 Å². The molecule has 130 valence electrons. The normalized spacial score (nSPS) is 10.5. The maximum absolute atomic E-state index is 12.4. The van der Waals surface area contributed by atoms with Gasteiger partial charge >= 0.3 is 0 Å². The van der Waals surface area contributed by atoms with Crippen LogP contribution < -0.4 is 0 Å². The predicted octanol–water partition coefficient (Wildman–Crippen LogP) is 4.61. The smallest absolute Gasteiger partial charge is 0.159 e. The zero-order valence-corrected chi connectivity index (χ0v) is 15.0. The van der Waals surface area contributed by atoms with Gasteiger partial charge in [0.05, 0.1) is 0 Å². The van der Waals surface area contributed by atoms with Crippen molar-refractivity contribution in [3.63, 3.8) is 0 Å². The average Bonchev–Trinajstić information content (AvgIpc) is 2.62. The van der Waals surface area contributed by atoms with Gasteiger partial charge in [-0.3, -0.25) is 14.6 Å². The molecule has 0 aliphatic carbocycles. The molecule has 1 heterocycles. The Kier molecular flexibility index (Phi) is 5.37. The van der Waals surface area contributed by atoms with E-state index in [1.807, 2.05) is 55.5 Å². The van der Waals surface area contributed by atoms with Crippen LogP contribution in [-0.4, -0.2) is 16.6 Å². The van der Waals surface area contributed by atoms with Crippen molar-refractivity contribution in [2.24, 2.45) is 0 Å². The van der Waals surface area contributed by atoms with Crippen molar-refractivity contribution in [3.8, 4) is 11.1 Å². The highest BCUT2D eigenvalue weighted by Gasteiger charge is 2.08. The number of rotatable bonds is 6. The first-order chi connectivity index (χ1) is 12.5. The summed E-state index contributed by atoms with van der Waals surface area (Å²) < 4.78 is 0. The van der Waals surface area contributed by atoms with Crippen LogP contribution in [0.2, 0.25) is 0 Å². The molecule has 0 N–H and O–H groups in total. The maximum atomic E-state index is 12.4. The van der Waals surface area contributed by atoms with Crippen molar-refractivity contribution in [3.05, 3.63) is 89.2 Å². The quantitative estimate of drug-likeness (QED) is 0.614. The summed E-state index contributed by atoms with van der Waals surface area (Å²) in [6.45, 7) is 3.50. The Hall–Kier alpha value is -3.07. The van der Waals surface area contributed by atoms with Gasteiger partial charge in [-0.25, -0.2) is 0 Å². The van der Waals surface area contributed by atoms with Crippen molar-refractivity contribution in [1.82, 2.24) is 4.98 Å². The topological polar surface area (TPSA) is 47.0 Å².